The Morgan fingerprint density at radius 1 is 0.875 bits per heavy atom. The topological polar surface area (TPSA) is 108 Å². The Balaban J connectivity index is 1.81. The molecule has 3 heterocycles. The van der Waals surface area contributed by atoms with E-state index in [1.807, 2.05) is 29.9 Å². The van der Waals surface area contributed by atoms with Gasteiger partial charge in [-0.1, -0.05) is 0 Å². The lowest BCUT2D eigenvalue weighted by Crippen LogP contribution is -2.22. The molecule has 0 spiro atoms. The van der Waals surface area contributed by atoms with Gasteiger partial charge < -0.3 is 13.9 Å². The van der Waals surface area contributed by atoms with Crippen LogP contribution in [-0.2, 0) is 23.7 Å². The van der Waals surface area contributed by atoms with E-state index in [1.54, 1.807) is 37.1 Å². The van der Waals surface area contributed by atoms with Crippen molar-refractivity contribution in [3.05, 3.63) is 70.0 Å². The molecule has 0 atom stereocenters. The SMILES string of the molecule is COc1ccc2c(C3=C(c4cn(C)c5cc([N+](=O)[O-])ccc45)C(=O)NC3=O)cn(C)c2c1. The Morgan fingerprint density at radius 3 is 1.94 bits per heavy atom. The molecule has 4 aromatic rings. The zero-order valence-electron chi connectivity index (χ0n) is 17.5. The molecule has 2 aromatic heterocycles. The van der Waals surface area contributed by atoms with E-state index in [0.717, 1.165) is 10.9 Å². The van der Waals surface area contributed by atoms with Crippen molar-refractivity contribution in [2.24, 2.45) is 14.1 Å². The Labute approximate surface area is 181 Å². The fourth-order valence-corrected chi connectivity index (χ4v) is 4.34. The fraction of sp³-hybridized carbons (Fsp3) is 0.130. The van der Waals surface area contributed by atoms with Gasteiger partial charge in [0.25, 0.3) is 17.5 Å². The highest BCUT2D eigenvalue weighted by atomic mass is 16.6. The number of hydrogen-bond acceptors (Lipinski definition) is 5. The highest BCUT2D eigenvalue weighted by molar-refractivity contribution is 6.50. The van der Waals surface area contributed by atoms with Gasteiger partial charge in [0.2, 0.25) is 0 Å². The van der Waals surface area contributed by atoms with Crippen LogP contribution in [0.25, 0.3) is 33.0 Å². The molecule has 9 heteroatoms. The fourth-order valence-electron chi connectivity index (χ4n) is 4.34. The first-order valence-electron chi connectivity index (χ1n) is 9.77. The number of rotatable bonds is 4. The first-order valence-corrected chi connectivity index (χ1v) is 9.77. The number of nitro benzene ring substituents is 1. The van der Waals surface area contributed by atoms with E-state index in [-0.39, 0.29) is 16.8 Å². The zero-order valence-corrected chi connectivity index (χ0v) is 17.5. The highest BCUT2D eigenvalue weighted by Gasteiger charge is 2.35. The molecule has 0 radical (unpaired) electrons. The van der Waals surface area contributed by atoms with E-state index < -0.39 is 16.7 Å². The monoisotopic (exact) mass is 430 g/mol. The van der Waals surface area contributed by atoms with Gasteiger partial charge in [-0.25, -0.2) is 0 Å². The molecule has 0 saturated carbocycles. The van der Waals surface area contributed by atoms with Gasteiger partial charge in [0.1, 0.15) is 5.75 Å². The van der Waals surface area contributed by atoms with Crippen molar-refractivity contribution < 1.29 is 19.2 Å². The van der Waals surface area contributed by atoms with Crippen LogP contribution < -0.4 is 10.1 Å². The third-order valence-electron chi connectivity index (χ3n) is 5.85. The molecule has 0 saturated heterocycles. The largest absolute Gasteiger partial charge is 0.497 e. The lowest BCUT2D eigenvalue weighted by molar-refractivity contribution is -0.384. The average molecular weight is 430 g/mol. The Hall–Kier alpha value is -4.40. The highest BCUT2D eigenvalue weighted by Crippen LogP contribution is 2.39. The van der Waals surface area contributed by atoms with E-state index in [1.165, 1.54) is 12.1 Å². The van der Waals surface area contributed by atoms with Crippen molar-refractivity contribution in [3.8, 4) is 5.75 Å². The maximum Gasteiger partial charge on any atom is 0.271 e. The predicted molar refractivity (Wildman–Crippen MR) is 119 cm³/mol. The van der Waals surface area contributed by atoms with Gasteiger partial charge in [-0.15, -0.1) is 0 Å². The van der Waals surface area contributed by atoms with Crippen LogP contribution in [0.2, 0.25) is 0 Å². The van der Waals surface area contributed by atoms with Crippen LogP contribution in [0.3, 0.4) is 0 Å². The molecular formula is C23H18N4O5. The van der Waals surface area contributed by atoms with Crippen molar-refractivity contribution in [3.63, 3.8) is 0 Å². The van der Waals surface area contributed by atoms with E-state index in [2.05, 4.69) is 5.32 Å². The van der Waals surface area contributed by atoms with Gasteiger partial charge in [-0.2, -0.15) is 0 Å². The number of carbonyl (C=O) groups excluding carboxylic acids is 2. The summed E-state index contributed by atoms with van der Waals surface area (Å²) in [4.78, 5) is 36.5. The lowest BCUT2D eigenvalue weighted by atomic mass is 9.95. The van der Waals surface area contributed by atoms with Gasteiger partial charge in [-0.3, -0.25) is 25.0 Å². The number of ether oxygens (including phenoxy) is 1. The minimum absolute atomic E-state index is 0.0468. The second-order valence-corrected chi connectivity index (χ2v) is 7.68. The van der Waals surface area contributed by atoms with E-state index in [9.17, 15) is 19.7 Å². The quantitative estimate of drug-likeness (QED) is 0.304. The van der Waals surface area contributed by atoms with E-state index in [4.69, 9.17) is 4.74 Å². The number of imide groups is 1. The van der Waals surface area contributed by atoms with Crippen LogP contribution in [0, 0.1) is 10.1 Å². The van der Waals surface area contributed by atoms with Crippen LogP contribution >= 0.6 is 0 Å². The third-order valence-corrected chi connectivity index (χ3v) is 5.85. The molecule has 2 amide bonds. The summed E-state index contributed by atoms with van der Waals surface area (Å²) in [5, 5.41) is 15.1. The average Bonchev–Trinajstić information content (AvgIpc) is 3.37. The molecule has 0 fully saturated rings. The Kier molecular flexibility index (Phi) is 4.16. The standard InChI is InChI=1S/C23H18N4O5/c1-25-10-16(14-6-4-12(27(30)31)8-18(14)25)20-21(23(29)24-22(20)28)17-11-26(2)19-9-13(32-3)5-7-15(17)19/h4-11H,1-3H3,(H,24,28,29). The van der Waals surface area contributed by atoms with Crippen molar-refractivity contribution in [1.29, 1.82) is 0 Å². The molecule has 5 rings (SSSR count). The molecule has 160 valence electrons. The summed E-state index contributed by atoms with van der Waals surface area (Å²) in [6.07, 6.45) is 3.53. The number of nitrogens with zero attached hydrogens (tertiary/aromatic N) is 3. The van der Waals surface area contributed by atoms with Crippen LogP contribution in [0.5, 0.6) is 5.75 Å². The lowest BCUT2D eigenvalue weighted by Gasteiger charge is -2.04. The third kappa shape index (κ3) is 2.71. The second-order valence-electron chi connectivity index (χ2n) is 7.68. The summed E-state index contributed by atoms with van der Waals surface area (Å²) >= 11 is 0. The maximum absolute atomic E-state index is 12.9. The van der Waals surface area contributed by atoms with Crippen molar-refractivity contribution in [2.75, 3.05) is 7.11 Å². The molecule has 0 unspecified atom stereocenters. The van der Waals surface area contributed by atoms with E-state index in [0.29, 0.717) is 27.8 Å². The van der Waals surface area contributed by atoms with Crippen LogP contribution in [-0.4, -0.2) is 33.0 Å². The number of amides is 2. The molecular weight excluding hydrogens is 412 g/mol. The smallest absolute Gasteiger partial charge is 0.271 e. The van der Waals surface area contributed by atoms with Crippen LogP contribution in [0.1, 0.15) is 11.1 Å². The second kappa shape index (κ2) is 6.81. The first kappa shape index (κ1) is 19.6. The number of carbonyl (C=O) groups is 2. The van der Waals surface area contributed by atoms with Gasteiger partial charge in [0, 0.05) is 66.6 Å². The van der Waals surface area contributed by atoms with Gasteiger partial charge in [0.05, 0.1) is 34.2 Å². The van der Waals surface area contributed by atoms with Crippen LogP contribution in [0.15, 0.2) is 48.8 Å². The van der Waals surface area contributed by atoms with Crippen molar-refractivity contribution in [1.82, 2.24) is 14.5 Å². The summed E-state index contributed by atoms with van der Waals surface area (Å²) in [6, 6.07) is 9.99. The number of nitrogens with one attached hydrogen (secondary N) is 1. The molecule has 9 nitrogen and oxygen atoms in total. The first-order chi connectivity index (χ1) is 15.3. The van der Waals surface area contributed by atoms with Crippen molar-refractivity contribution >= 4 is 50.5 Å². The predicted octanol–water partition coefficient (Wildman–Crippen LogP) is 3.15. The summed E-state index contributed by atoms with van der Waals surface area (Å²) < 4.78 is 8.90. The minimum atomic E-state index is -0.499. The number of hydrogen-bond donors (Lipinski definition) is 1. The number of benzene rings is 2. The summed E-state index contributed by atoms with van der Waals surface area (Å²) in [7, 11) is 5.19. The summed E-state index contributed by atoms with van der Waals surface area (Å²) in [6.45, 7) is 0. The molecule has 1 aliphatic heterocycles. The molecule has 2 aromatic carbocycles. The normalized spacial score (nSPS) is 14.0. The minimum Gasteiger partial charge on any atom is -0.497 e. The maximum atomic E-state index is 12.9. The number of non-ortho nitro benzene ring substituents is 1. The van der Waals surface area contributed by atoms with Gasteiger partial charge in [-0.05, 0) is 18.2 Å². The number of nitro groups is 1. The number of aryl methyl sites for hydroxylation is 2. The summed E-state index contributed by atoms with van der Waals surface area (Å²) in [5.41, 5.74) is 3.09. The number of fused-ring (bicyclic) bond motifs is 2. The molecule has 0 bridgehead atoms. The molecule has 1 N–H and O–H groups in total. The molecule has 1 aliphatic rings. The van der Waals surface area contributed by atoms with Gasteiger partial charge >= 0.3 is 0 Å². The molecule has 32 heavy (non-hydrogen) atoms. The van der Waals surface area contributed by atoms with Gasteiger partial charge in [0.15, 0.2) is 0 Å². The molecule has 0 aliphatic carbocycles. The number of methoxy groups -OCH3 is 1. The number of aromatic nitrogens is 2. The van der Waals surface area contributed by atoms with Crippen LogP contribution in [0.4, 0.5) is 5.69 Å². The van der Waals surface area contributed by atoms with E-state index >= 15 is 0 Å². The van der Waals surface area contributed by atoms with Crippen molar-refractivity contribution in [2.45, 2.75) is 0 Å². The zero-order chi connectivity index (χ0) is 22.7. The Bertz CT molecular complexity index is 1520. The summed E-state index contributed by atoms with van der Waals surface area (Å²) in [5.74, 6) is -0.296. The Morgan fingerprint density at radius 2 is 1.41 bits per heavy atom.